The number of nitrogens with one attached hydrogen (secondary N) is 2. The molecule has 2 N–H and O–H groups in total. The van der Waals surface area contributed by atoms with E-state index >= 15 is 0 Å². The van der Waals surface area contributed by atoms with Crippen LogP contribution in [0.15, 0.2) is 65.8 Å². The first kappa shape index (κ1) is 24.4. The fourth-order valence-corrected chi connectivity index (χ4v) is 3.41. The molecule has 0 saturated carbocycles. The van der Waals surface area contributed by atoms with Crippen LogP contribution in [-0.4, -0.2) is 22.3 Å². The van der Waals surface area contributed by atoms with Crippen LogP contribution in [0.2, 0.25) is 0 Å². The number of amides is 1. The van der Waals surface area contributed by atoms with Crippen LogP contribution in [0.5, 0.6) is 0 Å². The zero-order valence-corrected chi connectivity index (χ0v) is 19.8. The SMILES string of the molecule is CC.CC.CC1(Cl)C=CN=c2[nH]c3ccc(CCNC(=O)c4ccccc4)cc3c2=C1. The highest BCUT2D eigenvalue weighted by Crippen LogP contribution is 2.20. The maximum Gasteiger partial charge on any atom is 0.251 e. The van der Waals surface area contributed by atoms with Gasteiger partial charge in [-0.05, 0) is 55.3 Å². The standard InChI is InChI=1S/C22H20ClN3O.2C2H6/c1-22(23)10-12-24-20-18(14-22)17-13-15(7-8-19(17)26-20)9-11-25-21(27)16-5-3-2-4-6-16;2*1-2/h2-8,10,12-14H,9,11H2,1H3,(H,24,26)(H,25,27);2*1-2H3. The summed E-state index contributed by atoms with van der Waals surface area (Å²) in [6.45, 7) is 10.5. The second kappa shape index (κ2) is 11.5. The molecule has 1 amide bonds. The van der Waals surface area contributed by atoms with E-state index in [1.807, 2.05) is 77.1 Å². The molecule has 1 unspecified atom stereocenters. The number of allylic oxidation sites excluding steroid dienone is 1. The van der Waals surface area contributed by atoms with Crippen molar-refractivity contribution >= 4 is 34.5 Å². The van der Waals surface area contributed by atoms with Gasteiger partial charge in [0.05, 0.1) is 4.87 Å². The van der Waals surface area contributed by atoms with Gasteiger partial charge in [0.2, 0.25) is 0 Å². The zero-order valence-electron chi connectivity index (χ0n) is 19.0. The highest BCUT2D eigenvalue weighted by atomic mass is 35.5. The summed E-state index contributed by atoms with van der Waals surface area (Å²) in [6, 6.07) is 15.5. The number of aromatic nitrogens is 1. The summed E-state index contributed by atoms with van der Waals surface area (Å²) in [6.07, 6.45) is 6.39. The van der Waals surface area contributed by atoms with Crippen molar-refractivity contribution in [2.75, 3.05) is 6.54 Å². The number of aromatic amines is 1. The van der Waals surface area contributed by atoms with Crippen molar-refractivity contribution in [3.05, 3.63) is 82.6 Å². The normalized spacial score (nSPS) is 16.3. The average Bonchev–Trinajstić information content (AvgIpc) is 3.04. The van der Waals surface area contributed by atoms with Gasteiger partial charge in [0, 0.05) is 34.4 Å². The maximum atomic E-state index is 12.2. The lowest BCUT2D eigenvalue weighted by molar-refractivity contribution is 0.0954. The molecule has 0 fully saturated rings. The molecular weight excluding hydrogens is 406 g/mol. The van der Waals surface area contributed by atoms with Gasteiger partial charge in [0.1, 0.15) is 5.49 Å². The Bertz CT molecular complexity index is 1140. The molecule has 0 saturated heterocycles. The molecule has 31 heavy (non-hydrogen) atoms. The van der Waals surface area contributed by atoms with Crippen LogP contribution in [-0.2, 0) is 6.42 Å². The predicted octanol–water partition coefficient (Wildman–Crippen LogP) is 5.12. The van der Waals surface area contributed by atoms with Crippen molar-refractivity contribution in [2.24, 2.45) is 4.99 Å². The second-order valence-corrected chi connectivity index (χ2v) is 7.69. The molecule has 0 bridgehead atoms. The fourth-order valence-electron chi connectivity index (χ4n) is 3.25. The number of halogens is 1. The first-order valence-corrected chi connectivity index (χ1v) is 11.3. The number of nitrogens with zero attached hydrogens (tertiary/aromatic N) is 1. The Morgan fingerprint density at radius 3 is 2.52 bits per heavy atom. The summed E-state index contributed by atoms with van der Waals surface area (Å²) < 4.78 is 0. The lowest BCUT2D eigenvalue weighted by Gasteiger charge is -2.09. The van der Waals surface area contributed by atoms with Gasteiger partial charge in [-0.3, -0.25) is 4.79 Å². The van der Waals surface area contributed by atoms with Gasteiger partial charge in [-0.2, -0.15) is 0 Å². The first-order chi connectivity index (χ1) is 15.0. The van der Waals surface area contributed by atoms with Crippen molar-refractivity contribution < 1.29 is 4.79 Å². The van der Waals surface area contributed by atoms with Crippen molar-refractivity contribution in [1.29, 1.82) is 0 Å². The third-order valence-electron chi connectivity index (χ3n) is 4.65. The Morgan fingerprint density at radius 1 is 1.10 bits per heavy atom. The van der Waals surface area contributed by atoms with Crippen LogP contribution in [0.3, 0.4) is 0 Å². The van der Waals surface area contributed by atoms with Gasteiger partial charge >= 0.3 is 0 Å². The Labute approximate surface area is 189 Å². The molecule has 4 rings (SSSR count). The highest BCUT2D eigenvalue weighted by molar-refractivity contribution is 6.28. The van der Waals surface area contributed by atoms with Gasteiger partial charge in [-0.25, -0.2) is 4.99 Å². The Morgan fingerprint density at radius 2 is 1.81 bits per heavy atom. The third-order valence-corrected chi connectivity index (χ3v) is 4.88. The molecule has 5 heteroatoms. The lowest BCUT2D eigenvalue weighted by atomic mass is 10.1. The van der Waals surface area contributed by atoms with Crippen LogP contribution >= 0.6 is 11.6 Å². The third kappa shape index (κ3) is 6.31. The van der Waals surface area contributed by atoms with E-state index in [4.69, 9.17) is 11.6 Å². The van der Waals surface area contributed by atoms with Crippen LogP contribution in [0, 0.1) is 0 Å². The van der Waals surface area contributed by atoms with Gasteiger partial charge < -0.3 is 10.3 Å². The molecule has 0 spiro atoms. The van der Waals surface area contributed by atoms with Crippen LogP contribution in [0.25, 0.3) is 17.0 Å². The average molecular weight is 438 g/mol. The van der Waals surface area contributed by atoms with Gasteiger partial charge in [-0.15, -0.1) is 11.6 Å². The van der Waals surface area contributed by atoms with Gasteiger partial charge in [-0.1, -0.05) is 52.0 Å². The van der Waals surface area contributed by atoms with Crippen molar-refractivity contribution in [2.45, 2.75) is 45.9 Å². The second-order valence-electron chi connectivity index (χ2n) is 6.88. The van der Waals surface area contributed by atoms with E-state index in [-0.39, 0.29) is 5.91 Å². The minimum atomic E-state index is -0.566. The first-order valence-electron chi connectivity index (χ1n) is 10.9. The Kier molecular flexibility index (Phi) is 9.07. The molecule has 4 nitrogen and oxygen atoms in total. The van der Waals surface area contributed by atoms with E-state index in [0.29, 0.717) is 12.1 Å². The number of rotatable bonds is 4. The maximum absolute atomic E-state index is 12.2. The van der Waals surface area contributed by atoms with Gasteiger partial charge in [0.25, 0.3) is 5.91 Å². The smallest absolute Gasteiger partial charge is 0.251 e. The van der Waals surface area contributed by atoms with Crippen LogP contribution < -0.4 is 16.0 Å². The molecule has 1 aromatic heterocycles. The Hall–Kier alpha value is -2.85. The summed E-state index contributed by atoms with van der Waals surface area (Å²) >= 11 is 6.51. The van der Waals surface area contributed by atoms with E-state index in [1.54, 1.807) is 6.20 Å². The van der Waals surface area contributed by atoms with Crippen molar-refractivity contribution in [3.63, 3.8) is 0 Å². The van der Waals surface area contributed by atoms with E-state index in [2.05, 4.69) is 33.5 Å². The van der Waals surface area contributed by atoms with E-state index in [1.165, 1.54) is 0 Å². The molecule has 0 radical (unpaired) electrons. The summed E-state index contributed by atoms with van der Waals surface area (Å²) in [7, 11) is 0. The van der Waals surface area contributed by atoms with E-state index in [9.17, 15) is 4.79 Å². The number of benzene rings is 2. The monoisotopic (exact) mass is 437 g/mol. The van der Waals surface area contributed by atoms with Crippen LogP contribution in [0.4, 0.5) is 0 Å². The van der Waals surface area contributed by atoms with E-state index in [0.717, 1.165) is 33.6 Å². The largest absolute Gasteiger partial charge is 0.352 e. The Balaban J connectivity index is 0.000000807. The number of carbonyl (C=O) groups is 1. The molecule has 1 aliphatic heterocycles. The predicted molar refractivity (Wildman–Crippen MR) is 132 cm³/mol. The molecule has 164 valence electrons. The molecule has 1 atom stereocenters. The molecule has 2 aromatic carbocycles. The number of fused-ring (bicyclic) bond motifs is 3. The number of H-pyrrole nitrogens is 1. The number of alkyl halides is 1. The summed E-state index contributed by atoms with van der Waals surface area (Å²) in [5.74, 6) is -0.0525. The minimum Gasteiger partial charge on any atom is -0.352 e. The zero-order chi connectivity index (χ0) is 22.9. The quantitative estimate of drug-likeness (QED) is 0.547. The summed E-state index contributed by atoms with van der Waals surface area (Å²) in [4.78, 5) is 19.4. The van der Waals surface area contributed by atoms with Crippen molar-refractivity contribution in [3.8, 4) is 0 Å². The van der Waals surface area contributed by atoms with Gasteiger partial charge in [0.15, 0.2) is 0 Å². The molecule has 0 aliphatic carbocycles. The fraction of sp³-hybridized carbons (Fsp3) is 0.308. The molecule has 2 heterocycles. The lowest BCUT2D eigenvalue weighted by Crippen LogP contribution is -2.26. The summed E-state index contributed by atoms with van der Waals surface area (Å²) in [5.41, 5.74) is 3.67. The topological polar surface area (TPSA) is 57.2 Å². The highest BCUT2D eigenvalue weighted by Gasteiger charge is 2.16. The number of hydrogen-bond donors (Lipinski definition) is 2. The minimum absolute atomic E-state index is 0.0525. The molecular formula is C26H32ClN3O. The number of carbonyl (C=O) groups excluding carboxylic acids is 1. The summed E-state index contributed by atoms with van der Waals surface area (Å²) in [5, 5.41) is 5.08. The van der Waals surface area contributed by atoms with E-state index < -0.39 is 4.87 Å². The van der Waals surface area contributed by atoms with Crippen LogP contribution in [0.1, 0.15) is 50.5 Å². The molecule has 3 aromatic rings. The van der Waals surface area contributed by atoms with Crippen molar-refractivity contribution in [1.82, 2.24) is 10.3 Å². The number of hydrogen-bond acceptors (Lipinski definition) is 2. The molecule has 1 aliphatic rings.